The molecule has 0 fully saturated rings. The van der Waals surface area contributed by atoms with E-state index < -0.39 is 6.43 Å². The molecule has 1 N–H and O–H groups in total. The highest BCUT2D eigenvalue weighted by molar-refractivity contribution is 7.11. The van der Waals surface area contributed by atoms with Gasteiger partial charge < -0.3 is 5.32 Å². The summed E-state index contributed by atoms with van der Waals surface area (Å²) in [6.45, 7) is 1.51. The van der Waals surface area contributed by atoms with Gasteiger partial charge in [0.25, 0.3) is 6.43 Å². The van der Waals surface area contributed by atoms with Crippen LogP contribution in [-0.2, 0) is 13.0 Å². The average Bonchev–Trinajstić information content (AvgIpc) is 2.46. The van der Waals surface area contributed by atoms with Crippen molar-refractivity contribution in [3.8, 4) is 0 Å². The Balaban J connectivity index is 2.32. The smallest absolute Gasteiger partial charge is 0.289 e. The molecule has 2 nitrogen and oxygen atoms in total. The molecule has 66 valence electrons. The summed E-state index contributed by atoms with van der Waals surface area (Å²) in [4.78, 5) is 4.87. The minimum Gasteiger partial charge on any atom is -0.311 e. The van der Waals surface area contributed by atoms with E-state index in [1.807, 2.05) is 0 Å². The van der Waals surface area contributed by atoms with Crippen LogP contribution in [0.4, 0.5) is 8.78 Å². The summed E-state index contributed by atoms with van der Waals surface area (Å²) >= 11 is 1.14. The first-order chi connectivity index (χ1) is 5.77. The van der Waals surface area contributed by atoms with Crippen molar-refractivity contribution in [3.05, 3.63) is 15.6 Å². The fourth-order valence-corrected chi connectivity index (χ4v) is 2.18. The summed E-state index contributed by atoms with van der Waals surface area (Å²) in [5.74, 6) is 0. The molecule has 0 spiro atoms. The van der Waals surface area contributed by atoms with Gasteiger partial charge in [-0.1, -0.05) is 0 Å². The van der Waals surface area contributed by atoms with Gasteiger partial charge in [0.2, 0.25) is 0 Å². The first-order valence-electron chi connectivity index (χ1n) is 3.74. The Bertz CT molecular complexity index is 261. The lowest BCUT2D eigenvalue weighted by Crippen LogP contribution is -2.22. The predicted octanol–water partition coefficient (Wildman–Crippen LogP) is 1.73. The molecule has 2 rings (SSSR count). The molecule has 0 amide bonds. The highest BCUT2D eigenvalue weighted by Gasteiger charge is 2.19. The molecule has 1 aliphatic rings. The first kappa shape index (κ1) is 8.07. The molecule has 0 atom stereocenters. The van der Waals surface area contributed by atoms with Crippen LogP contribution in [0.25, 0.3) is 0 Å². The number of hydrogen-bond acceptors (Lipinski definition) is 3. The largest absolute Gasteiger partial charge is 0.311 e. The van der Waals surface area contributed by atoms with Gasteiger partial charge in [-0.3, -0.25) is 0 Å². The Morgan fingerprint density at radius 3 is 3.00 bits per heavy atom. The second-order valence-corrected chi connectivity index (χ2v) is 3.76. The predicted molar refractivity (Wildman–Crippen MR) is 42.5 cm³/mol. The molecule has 0 saturated heterocycles. The van der Waals surface area contributed by atoms with Crippen LogP contribution in [0, 0.1) is 0 Å². The SMILES string of the molecule is FC(F)c1nc2c(s1)CCNC2. The molecule has 1 aromatic rings. The number of nitrogens with zero attached hydrogens (tertiary/aromatic N) is 1. The normalized spacial score (nSPS) is 16.6. The monoisotopic (exact) mass is 190 g/mol. The van der Waals surface area contributed by atoms with Gasteiger partial charge in [-0.25, -0.2) is 13.8 Å². The second-order valence-electron chi connectivity index (χ2n) is 2.65. The van der Waals surface area contributed by atoms with Crippen LogP contribution in [0.5, 0.6) is 0 Å². The summed E-state index contributed by atoms with van der Waals surface area (Å²) < 4.78 is 24.4. The Kier molecular flexibility index (Phi) is 2.06. The van der Waals surface area contributed by atoms with Gasteiger partial charge in [-0.05, 0) is 6.42 Å². The number of fused-ring (bicyclic) bond motifs is 1. The molecule has 1 aromatic heterocycles. The third-order valence-corrected chi connectivity index (χ3v) is 2.97. The zero-order valence-corrected chi connectivity index (χ0v) is 7.13. The first-order valence-corrected chi connectivity index (χ1v) is 4.56. The Morgan fingerprint density at radius 2 is 2.33 bits per heavy atom. The molecule has 0 bridgehead atoms. The standard InChI is InChI=1S/C7H8F2N2S/c8-6(9)7-11-4-3-10-2-1-5(4)12-7/h6,10H,1-3H2. The van der Waals surface area contributed by atoms with Gasteiger partial charge in [0, 0.05) is 18.0 Å². The number of aromatic nitrogens is 1. The summed E-state index contributed by atoms with van der Waals surface area (Å²) in [6.07, 6.45) is -1.58. The van der Waals surface area contributed by atoms with Crippen molar-refractivity contribution in [2.45, 2.75) is 19.4 Å². The molecule has 0 radical (unpaired) electrons. The fraction of sp³-hybridized carbons (Fsp3) is 0.571. The van der Waals surface area contributed by atoms with Gasteiger partial charge in [0.05, 0.1) is 5.69 Å². The highest BCUT2D eigenvalue weighted by atomic mass is 32.1. The molecule has 0 saturated carbocycles. The van der Waals surface area contributed by atoms with Crippen LogP contribution in [0.2, 0.25) is 0 Å². The highest BCUT2D eigenvalue weighted by Crippen LogP contribution is 2.28. The Morgan fingerprint density at radius 1 is 1.50 bits per heavy atom. The van der Waals surface area contributed by atoms with Crippen LogP contribution >= 0.6 is 11.3 Å². The molecule has 0 unspecified atom stereocenters. The quantitative estimate of drug-likeness (QED) is 0.729. The van der Waals surface area contributed by atoms with E-state index in [0.29, 0.717) is 6.54 Å². The lowest BCUT2D eigenvalue weighted by atomic mass is 10.2. The van der Waals surface area contributed by atoms with Crippen LogP contribution in [0.1, 0.15) is 22.0 Å². The van der Waals surface area contributed by atoms with Crippen molar-refractivity contribution >= 4 is 11.3 Å². The van der Waals surface area contributed by atoms with Gasteiger partial charge >= 0.3 is 0 Å². The third-order valence-electron chi connectivity index (χ3n) is 1.80. The van der Waals surface area contributed by atoms with Crippen molar-refractivity contribution in [2.24, 2.45) is 0 Å². The molecule has 1 aliphatic heterocycles. The zero-order chi connectivity index (χ0) is 8.55. The van der Waals surface area contributed by atoms with E-state index in [1.54, 1.807) is 0 Å². The molecule has 0 aliphatic carbocycles. The minimum atomic E-state index is -2.42. The lowest BCUT2D eigenvalue weighted by molar-refractivity contribution is 0.150. The average molecular weight is 190 g/mol. The maximum absolute atomic E-state index is 12.2. The van der Waals surface area contributed by atoms with Gasteiger partial charge in [0.15, 0.2) is 5.01 Å². The minimum absolute atomic E-state index is 0.0382. The number of alkyl halides is 2. The number of halogens is 2. The van der Waals surface area contributed by atoms with E-state index in [-0.39, 0.29) is 5.01 Å². The third kappa shape index (κ3) is 1.34. The Labute approximate surface area is 72.6 Å². The van der Waals surface area contributed by atoms with Crippen molar-refractivity contribution in [1.29, 1.82) is 0 Å². The van der Waals surface area contributed by atoms with E-state index in [9.17, 15) is 8.78 Å². The maximum atomic E-state index is 12.2. The number of rotatable bonds is 1. The molecule has 12 heavy (non-hydrogen) atoms. The summed E-state index contributed by atoms with van der Waals surface area (Å²) in [7, 11) is 0. The molecule has 5 heteroatoms. The van der Waals surface area contributed by atoms with Crippen molar-refractivity contribution in [1.82, 2.24) is 10.3 Å². The second kappa shape index (κ2) is 3.06. The molecule has 2 heterocycles. The fourth-order valence-electron chi connectivity index (χ4n) is 1.24. The van der Waals surface area contributed by atoms with Gasteiger partial charge in [-0.2, -0.15) is 0 Å². The van der Waals surface area contributed by atoms with Crippen molar-refractivity contribution in [3.63, 3.8) is 0 Å². The Hall–Kier alpha value is -0.550. The molecular formula is C7H8F2N2S. The molecule has 0 aromatic carbocycles. The number of nitrogens with one attached hydrogen (secondary N) is 1. The van der Waals surface area contributed by atoms with E-state index in [2.05, 4.69) is 10.3 Å². The number of hydrogen-bond donors (Lipinski definition) is 1. The van der Waals surface area contributed by atoms with Crippen LogP contribution in [0.15, 0.2) is 0 Å². The van der Waals surface area contributed by atoms with E-state index in [0.717, 1.165) is 34.9 Å². The maximum Gasteiger partial charge on any atom is 0.289 e. The number of thiazole rings is 1. The van der Waals surface area contributed by atoms with Gasteiger partial charge in [-0.15, -0.1) is 11.3 Å². The van der Waals surface area contributed by atoms with Crippen LogP contribution in [0.3, 0.4) is 0 Å². The summed E-state index contributed by atoms with van der Waals surface area (Å²) in [6, 6.07) is 0. The lowest BCUT2D eigenvalue weighted by Gasteiger charge is -2.09. The van der Waals surface area contributed by atoms with Gasteiger partial charge in [0.1, 0.15) is 0 Å². The van der Waals surface area contributed by atoms with E-state index in [4.69, 9.17) is 0 Å². The molecular weight excluding hydrogens is 182 g/mol. The van der Waals surface area contributed by atoms with Crippen molar-refractivity contribution < 1.29 is 8.78 Å². The summed E-state index contributed by atoms with van der Waals surface area (Å²) in [5.41, 5.74) is 0.807. The van der Waals surface area contributed by atoms with E-state index >= 15 is 0 Å². The van der Waals surface area contributed by atoms with E-state index in [1.165, 1.54) is 0 Å². The zero-order valence-electron chi connectivity index (χ0n) is 6.31. The van der Waals surface area contributed by atoms with Crippen molar-refractivity contribution in [2.75, 3.05) is 6.54 Å². The summed E-state index contributed by atoms with van der Waals surface area (Å²) in [5, 5.41) is 3.05. The topological polar surface area (TPSA) is 24.9 Å². The van der Waals surface area contributed by atoms with Crippen LogP contribution < -0.4 is 5.32 Å². The van der Waals surface area contributed by atoms with Crippen LogP contribution in [-0.4, -0.2) is 11.5 Å².